The molecule has 2 heterocycles. The lowest BCUT2D eigenvalue weighted by atomic mass is 10.0. The topological polar surface area (TPSA) is 64.0 Å². The van der Waals surface area contributed by atoms with Gasteiger partial charge in [0.05, 0.1) is 28.1 Å². The van der Waals surface area contributed by atoms with Gasteiger partial charge in [-0.3, -0.25) is 4.68 Å². The average Bonchev–Trinajstić information content (AvgIpc) is 2.72. The minimum Gasteiger partial charge on any atom is -0.375 e. The summed E-state index contributed by atoms with van der Waals surface area (Å²) in [6.07, 6.45) is 2.49. The van der Waals surface area contributed by atoms with Gasteiger partial charge in [-0.2, -0.15) is 5.10 Å². The maximum absolute atomic E-state index is 12.1. The number of anilines is 1. The molecule has 0 radical (unpaired) electrons. The number of hydrogen-bond acceptors (Lipinski definition) is 4. The molecule has 0 saturated carbocycles. The molecule has 0 spiro atoms. The van der Waals surface area contributed by atoms with Gasteiger partial charge in [-0.1, -0.05) is 18.2 Å². The van der Waals surface area contributed by atoms with Gasteiger partial charge >= 0.3 is 0 Å². The first-order valence-corrected chi connectivity index (χ1v) is 8.21. The summed E-state index contributed by atoms with van der Waals surface area (Å²) in [5.74, 6) is 0.182. The van der Waals surface area contributed by atoms with E-state index in [1.54, 1.807) is 16.8 Å². The van der Waals surface area contributed by atoms with Crippen molar-refractivity contribution in [1.29, 1.82) is 0 Å². The number of hydrogen-bond donors (Lipinski definition) is 1. The third-order valence-electron chi connectivity index (χ3n) is 3.65. The lowest BCUT2D eigenvalue weighted by molar-refractivity contribution is 0.576. The molecule has 0 amide bonds. The Balaban J connectivity index is 1.98. The summed E-state index contributed by atoms with van der Waals surface area (Å²) < 4.78 is 25.9. The molecule has 6 heteroatoms. The third-order valence-corrected chi connectivity index (χ3v) is 5.46. The van der Waals surface area contributed by atoms with Crippen molar-refractivity contribution in [1.82, 2.24) is 9.78 Å². The number of aromatic nitrogens is 2. The highest BCUT2D eigenvalue weighted by atomic mass is 32.2. The Labute approximate surface area is 118 Å². The second-order valence-corrected chi connectivity index (χ2v) is 7.22. The Kier molecular flexibility index (Phi) is 3.05. The third kappa shape index (κ3) is 2.20. The van der Waals surface area contributed by atoms with Crippen LogP contribution in [0.2, 0.25) is 0 Å². The van der Waals surface area contributed by atoms with Crippen molar-refractivity contribution < 1.29 is 8.42 Å². The standard InChI is InChI=1S/C14H17N3O2S/c1-10-13(9-17(2)16-10)15-12-7-8-20(18,19)14-6-4-3-5-11(12)14/h3-6,9,12,15H,7-8H2,1-2H3. The first-order chi connectivity index (χ1) is 9.47. The highest BCUT2D eigenvalue weighted by Crippen LogP contribution is 2.34. The lowest BCUT2D eigenvalue weighted by Gasteiger charge is -2.26. The van der Waals surface area contributed by atoms with Crippen LogP contribution in [0.5, 0.6) is 0 Å². The van der Waals surface area contributed by atoms with E-state index < -0.39 is 9.84 Å². The smallest absolute Gasteiger partial charge is 0.178 e. The fourth-order valence-electron chi connectivity index (χ4n) is 2.67. The Morgan fingerprint density at radius 2 is 2.10 bits per heavy atom. The van der Waals surface area contributed by atoms with Gasteiger partial charge < -0.3 is 5.32 Å². The predicted octanol–water partition coefficient (Wildman–Crippen LogP) is 2.06. The van der Waals surface area contributed by atoms with Crippen LogP contribution in [0.25, 0.3) is 0 Å². The Hall–Kier alpha value is -1.82. The van der Waals surface area contributed by atoms with Crippen molar-refractivity contribution in [2.45, 2.75) is 24.3 Å². The maximum Gasteiger partial charge on any atom is 0.178 e. The molecule has 5 nitrogen and oxygen atoms in total. The monoisotopic (exact) mass is 291 g/mol. The number of fused-ring (bicyclic) bond motifs is 1. The minimum absolute atomic E-state index is 0.0117. The average molecular weight is 291 g/mol. The van der Waals surface area contributed by atoms with Gasteiger partial charge in [0.25, 0.3) is 0 Å². The van der Waals surface area contributed by atoms with Gasteiger partial charge in [0.2, 0.25) is 0 Å². The Morgan fingerprint density at radius 1 is 1.35 bits per heavy atom. The van der Waals surface area contributed by atoms with Crippen LogP contribution in [0.3, 0.4) is 0 Å². The van der Waals surface area contributed by atoms with Crippen LogP contribution in [0.1, 0.15) is 23.7 Å². The van der Waals surface area contributed by atoms with Crippen LogP contribution in [0.15, 0.2) is 35.4 Å². The Morgan fingerprint density at radius 3 is 2.80 bits per heavy atom. The van der Waals surface area contributed by atoms with E-state index in [2.05, 4.69) is 10.4 Å². The zero-order valence-electron chi connectivity index (χ0n) is 11.5. The lowest BCUT2D eigenvalue weighted by Crippen LogP contribution is -2.24. The largest absolute Gasteiger partial charge is 0.375 e. The molecule has 1 unspecified atom stereocenters. The summed E-state index contributed by atoms with van der Waals surface area (Å²) in [4.78, 5) is 0.449. The van der Waals surface area contributed by atoms with Gasteiger partial charge in [0.1, 0.15) is 0 Å². The molecular weight excluding hydrogens is 274 g/mol. The molecular formula is C14H17N3O2S. The van der Waals surface area contributed by atoms with Crippen LogP contribution in [0.4, 0.5) is 5.69 Å². The SMILES string of the molecule is Cc1nn(C)cc1NC1CCS(=O)(=O)c2ccccc21. The highest BCUT2D eigenvalue weighted by molar-refractivity contribution is 7.91. The van der Waals surface area contributed by atoms with Crippen molar-refractivity contribution in [3.63, 3.8) is 0 Å². The van der Waals surface area contributed by atoms with E-state index in [0.29, 0.717) is 11.3 Å². The van der Waals surface area contributed by atoms with Crippen LogP contribution in [0, 0.1) is 6.92 Å². The van der Waals surface area contributed by atoms with Gasteiger partial charge in [-0.15, -0.1) is 0 Å². The van der Waals surface area contributed by atoms with Crippen molar-refractivity contribution in [3.8, 4) is 0 Å². The summed E-state index contributed by atoms with van der Waals surface area (Å²) in [6, 6.07) is 7.24. The number of benzene rings is 1. The molecule has 1 aliphatic rings. The van der Waals surface area contributed by atoms with Gasteiger partial charge in [-0.25, -0.2) is 8.42 Å². The number of sulfone groups is 1. The first kappa shape index (κ1) is 13.2. The number of nitrogens with one attached hydrogen (secondary N) is 1. The molecule has 0 fully saturated rings. The van der Waals surface area contributed by atoms with Crippen molar-refractivity contribution >= 4 is 15.5 Å². The van der Waals surface area contributed by atoms with Crippen LogP contribution in [-0.2, 0) is 16.9 Å². The second-order valence-electron chi connectivity index (χ2n) is 5.14. The summed E-state index contributed by atoms with van der Waals surface area (Å²) >= 11 is 0. The molecule has 1 aliphatic heterocycles. The molecule has 106 valence electrons. The minimum atomic E-state index is -3.13. The normalized spacial score (nSPS) is 20.4. The zero-order valence-corrected chi connectivity index (χ0v) is 12.3. The summed E-state index contributed by atoms with van der Waals surface area (Å²) in [5, 5.41) is 7.71. The molecule has 1 N–H and O–H groups in total. The fourth-order valence-corrected chi connectivity index (χ4v) is 4.29. The van der Waals surface area contributed by atoms with E-state index in [1.165, 1.54) is 0 Å². The molecule has 1 atom stereocenters. The molecule has 1 aromatic heterocycles. The Bertz CT molecular complexity index is 750. The van der Waals surface area contributed by atoms with E-state index in [9.17, 15) is 8.42 Å². The molecule has 0 bridgehead atoms. The van der Waals surface area contributed by atoms with E-state index in [1.807, 2.05) is 32.3 Å². The summed E-state index contributed by atoms with van der Waals surface area (Å²) in [5.41, 5.74) is 2.71. The number of nitrogens with zero attached hydrogens (tertiary/aromatic N) is 2. The van der Waals surface area contributed by atoms with Gasteiger partial charge in [0.15, 0.2) is 9.84 Å². The molecule has 20 heavy (non-hydrogen) atoms. The quantitative estimate of drug-likeness (QED) is 0.920. The predicted molar refractivity (Wildman–Crippen MR) is 77.4 cm³/mol. The molecule has 1 aromatic carbocycles. The van der Waals surface area contributed by atoms with Crippen molar-refractivity contribution in [3.05, 3.63) is 41.7 Å². The molecule has 0 saturated heterocycles. The maximum atomic E-state index is 12.1. The van der Waals surface area contributed by atoms with Crippen molar-refractivity contribution in [2.24, 2.45) is 7.05 Å². The van der Waals surface area contributed by atoms with E-state index >= 15 is 0 Å². The molecule has 0 aliphatic carbocycles. The highest BCUT2D eigenvalue weighted by Gasteiger charge is 2.30. The first-order valence-electron chi connectivity index (χ1n) is 6.56. The summed E-state index contributed by atoms with van der Waals surface area (Å²) in [7, 11) is -1.26. The van der Waals surface area contributed by atoms with Crippen LogP contribution >= 0.6 is 0 Å². The molecule has 3 rings (SSSR count). The van der Waals surface area contributed by atoms with Crippen LogP contribution in [-0.4, -0.2) is 24.0 Å². The van der Waals surface area contributed by atoms with E-state index in [0.717, 1.165) is 16.9 Å². The van der Waals surface area contributed by atoms with E-state index in [-0.39, 0.29) is 11.8 Å². The summed E-state index contributed by atoms with van der Waals surface area (Å²) in [6.45, 7) is 1.94. The van der Waals surface area contributed by atoms with Crippen molar-refractivity contribution in [2.75, 3.05) is 11.1 Å². The van der Waals surface area contributed by atoms with E-state index in [4.69, 9.17) is 0 Å². The van der Waals surface area contributed by atoms with Gasteiger partial charge in [0, 0.05) is 13.2 Å². The number of aryl methyl sites for hydroxylation is 2. The number of rotatable bonds is 2. The van der Waals surface area contributed by atoms with Crippen LogP contribution < -0.4 is 5.32 Å². The fraction of sp³-hybridized carbons (Fsp3) is 0.357. The second kappa shape index (κ2) is 4.63. The zero-order chi connectivity index (χ0) is 14.3. The van der Waals surface area contributed by atoms with Gasteiger partial charge in [-0.05, 0) is 25.0 Å². The molecule has 2 aromatic rings.